The lowest BCUT2D eigenvalue weighted by Crippen LogP contribution is -2.59. The molecule has 6 atom stereocenters. The number of likely N-dealkylation sites (tertiary alicyclic amines) is 1. The van der Waals surface area contributed by atoms with Gasteiger partial charge in [-0.1, -0.05) is 55.5 Å². The molecule has 0 saturated carbocycles. The second kappa shape index (κ2) is 12.4. The van der Waals surface area contributed by atoms with Gasteiger partial charge in [0, 0.05) is 31.9 Å². The second-order valence-corrected chi connectivity index (χ2v) is 12.2. The number of nitrogens with one attached hydrogen (secondary N) is 2. The van der Waals surface area contributed by atoms with E-state index in [-0.39, 0.29) is 24.3 Å². The molecule has 0 aromatic heterocycles. The molecule has 43 heavy (non-hydrogen) atoms. The highest BCUT2D eigenvalue weighted by atomic mass is 16.5. The lowest BCUT2D eigenvalue weighted by molar-refractivity contribution is -0.150. The third kappa shape index (κ3) is 5.35. The molecule has 0 aliphatic carbocycles. The van der Waals surface area contributed by atoms with E-state index in [1.807, 2.05) is 67.6 Å². The molecule has 2 aromatic rings. The zero-order valence-electron chi connectivity index (χ0n) is 24.7. The highest BCUT2D eigenvalue weighted by Crippen LogP contribution is 2.64. The lowest BCUT2D eigenvalue weighted by Gasteiger charge is -2.37. The molecule has 230 valence electrons. The molecule has 10 heteroatoms. The molecule has 4 saturated heterocycles. The predicted octanol–water partition coefficient (Wildman–Crippen LogP) is 1.83. The van der Waals surface area contributed by atoms with Gasteiger partial charge in [-0.25, -0.2) is 0 Å². The van der Waals surface area contributed by atoms with Gasteiger partial charge >= 0.3 is 0 Å². The smallest absolute Gasteiger partial charge is 0.245 e. The molecule has 3 N–H and O–H groups in total. The summed E-state index contributed by atoms with van der Waals surface area (Å²) >= 11 is 0. The van der Waals surface area contributed by atoms with Crippen molar-refractivity contribution in [2.45, 2.75) is 55.9 Å². The Labute approximate surface area is 252 Å². The Hall–Kier alpha value is -3.31. The highest BCUT2D eigenvalue weighted by Gasteiger charge is 2.79. The molecule has 3 amide bonds. The molecule has 2 aromatic carbocycles. The molecule has 6 rings (SSSR count). The molecular weight excluding hydrogens is 548 g/mol. The summed E-state index contributed by atoms with van der Waals surface area (Å²) in [4.78, 5) is 46.5. The number of rotatable bonds is 11. The number of ether oxygens (including phenoxy) is 2. The second-order valence-electron chi connectivity index (χ2n) is 12.2. The van der Waals surface area contributed by atoms with Crippen molar-refractivity contribution in [3.05, 3.63) is 66.2 Å². The number of carbonyl (C=O) groups is 3. The van der Waals surface area contributed by atoms with Crippen LogP contribution in [0.15, 0.2) is 60.7 Å². The van der Waals surface area contributed by atoms with Crippen LogP contribution in [0.3, 0.4) is 0 Å². The topological polar surface area (TPSA) is 120 Å². The van der Waals surface area contributed by atoms with E-state index in [2.05, 4.69) is 15.5 Å². The maximum absolute atomic E-state index is 14.6. The van der Waals surface area contributed by atoms with Crippen LogP contribution in [0, 0.1) is 11.8 Å². The number of fused-ring (bicyclic) bond motifs is 1. The molecule has 2 unspecified atom stereocenters. The van der Waals surface area contributed by atoms with Gasteiger partial charge in [-0.05, 0) is 43.4 Å². The standard InChI is InChI=1S/C33H42N4O6/c1-2-32-13-14-33(43-32)27(26(32)29(39)35-24-11-7-4-8-12-24)31(41)37(25(22-38)21-23-9-5-3-6-10-23)28(33)30(40)34-15-16-36-17-19-42-20-18-36/h3-12,25-28,38H,2,13-22H2,1H3,(H,34,40)(H,35,39)/t25-,26+,27+,28?,32-,33?/m1/s1. The fraction of sp³-hybridized carbons (Fsp3) is 0.545. The summed E-state index contributed by atoms with van der Waals surface area (Å²) in [6.07, 6.45) is 2.00. The summed E-state index contributed by atoms with van der Waals surface area (Å²) in [7, 11) is 0. The van der Waals surface area contributed by atoms with Crippen LogP contribution in [-0.4, -0.2) is 102 Å². The van der Waals surface area contributed by atoms with Crippen molar-refractivity contribution in [3.63, 3.8) is 0 Å². The molecule has 4 heterocycles. The molecule has 1 spiro atoms. The van der Waals surface area contributed by atoms with Crippen LogP contribution in [0.1, 0.15) is 31.7 Å². The fourth-order valence-corrected chi connectivity index (χ4v) is 7.88. The first-order valence-electron chi connectivity index (χ1n) is 15.5. The number of benzene rings is 2. The van der Waals surface area contributed by atoms with Gasteiger partial charge in [0.2, 0.25) is 17.7 Å². The Morgan fingerprint density at radius 3 is 2.40 bits per heavy atom. The van der Waals surface area contributed by atoms with Crippen LogP contribution >= 0.6 is 0 Å². The minimum atomic E-state index is -1.15. The third-order valence-electron chi connectivity index (χ3n) is 9.94. The first kappa shape index (κ1) is 29.7. The minimum Gasteiger partial charge on any atom is -0.394 e. The quantitative estimate of drug-likeness (QED) is 0.365. The van der Waals surface area contributed by atoms with Crippen LogP contribution in [0.25, 0.3) is 0 Å². The zero-order chi connectivity index (χ0) is 30.0. The van der Waals surface area contributed by atoms with Crippen LogP contribution in [0.4, 0.5) is 5.69 Å². The number of hydrogen-bond acceptors (Lipinski definition) is 7. The molecule has 2 bridgehead atoms. The van der Waals surface area contributed by atoms with E-state index in [1.165, 1.54) is 0 Å². The van der Waals surface area contributed by atoms with E-state index >= 15 is 0 Å². The van der Waals surface area contributed by atoms with E-state index in [1.54, 1.807) is 4.90 Å². The van der Waals surface area contributed by atoms with Crippen LogP contribution in [0.5, 0.6) is 0 Å². The summed E-state index contributed by atoms with van der Waals surface area (Å²) < 4.78 is 12.3. The number of hydrogen-bond donors (Lipinski definition) is 3. The number of anilines is 1. The molecule has 0 radical (unpaired) electrons. The summed E-state index contributed by atoms with van der Waals surface area (Å²) in [6.45, 7) is 5.69. The minimum absolute atomic E-state index is 0.273. The molecular formula is C33H42N4O6. The van der Waals surface area contributed by atoms with Crippen molar-refractivity contribution in [2.24, 2.45) is 11.8 Å². The van der Waals surface area contributed by atoms with Crippen LogP contribution in [-0.2, 0) is 30.3 Å². The van der Waals surface area contributed by atoms with Gasteiger partial charge in [0.15, 0.2) is 0 Å². The van der Waals surface area contributed by atoms with Crippen LogP contribution < -0.4 is 10.6 Å². The van der Waals surface area contributed by atoms with E-state index in [4.69, 9.17) is 9.47 Å². The summed E-state index contributed by atoms with van der Waals surface area (Å²) in [5.41, 5.74) is -0.401. The van der Waals surface area contributed by atoms with E-state index in [9.17, 15) is 19.5 Å². The Morgan fingerprint density at radius 1 is 1.02 bits per heavy atom. The van der Waals surface area contributed by atoms with Crippen molar-refractivity contribution in [3.8, 4) is 0 Å². The number of para-hydroxylation sites is 1. The summed E-state index contributed by atoms with van der Waals surface area (Å²) in [5.74, 6) is -2.46. The van der Waals surface area contributed by atoms with Gasteiger partial charge in [-0.3, -0.25) is 19.3 Å². The SMILES string of the molecule is CC[C@]12CCC3(O1)C(C(=O)NCCN1CCOCC1)N([C@@H](CO)Cc1ccccc1)C(=O)[C@@H]3[C@H]2C(=O)Nc1ccccc1. The molecule has 4 aliphatic rings. The van der Waals surface area contributed by atoms with Crippen molar-refractivity contribution >= 4 is 23.4 Å². The van der Waals surface area contributed by atoms with Crippen molar-refractivity contribution in [1.29, 1.82) is 0 Å². The average Bonchev–Trinajstić information content (AvgIpc) is 3.65. The normalized spacial score (nSPS) is 30.7. The molecule has 10 nitrogen and oxygen atoms in total. The Balaban J connectivity index is 1.32. The van der Waals surface area contributed by atoms with Crippen molar-refractivity contribution < 1.29 is 29.0 Å². The summed E-state index contributed by atoms with van der Waals surface area (Å²) in [5, 5.41) is 16.8. The number of amides is 3. The number of nitrogens with zero attached hydrogens (tertiary/aromatic N) is 2. The Kier molecular flexibility index (Phi) is 8.55. The number of aliphatic hydroxyl groups is 1. The van der Waals surface area contributed by atoms with E-state index in [0.29, 0.717) is 57.7 Å². The van der Waals surface area contributed by atoms with Gasteiger partial charge in [0.1, 0.15) is 11.6 Å². The Bertz CT molecular complexity index is 1300. The predicted molar refractivity (Wildman–Crippen MR) is 160 cm³/mol. The van der Waals surface area contributed by atoms with E-state index in [0.717, 1.165) is 18.7 Å². The third-order valence-corrected chi connectivity index (χ3v) is 9.94. The monoisotopic (exact) mass is 590 g/mol. The van der Waals surface area contributed by atoms with E-state index < -0.39 is 35.1 Å². The van der Waals surface area contributed by atoms with Gasteiger partial charge in [-0.2, -0.15) is 0 Å². The number of aliphatic hydroxyl groups excluding tert-OH is 1. The number of morpholine rings is 1. The van der Waals surface area contributed by atoms with Gasteiger partial charge < -0.3 is 30.1 Å². The van der Waals surface area contributed by atoms with Crippen molar-refractivity contribution in [2.75, 3.05) is 51.3 Å². The maximum Gasteiger partial charge on any atom is 0.245 e. The zero-order valence-corrected chi connectivity index (χ0v) is 24.7. The van der Waals surface area contributed by atoms with Gasteiger partial charge in [0.25, 0.3) is 0 Å². The Morgan fingerprint density at radius 2 is 1.72 bits per heavy atom. The molecule has 4 aliphatic heterocycles. The van der Waals surface area contributed by atoms with Gasteiger partial charge in [-0.15, -0.1) is 0 Å². The maximum atomic E-state index is 14.6. The molecule has 4 fully saturated rings. The lowest BCUT2D eigenvalue weighted by atomic mass is 9.65. The first-order chi connectivity index (χ1) is 20.9. The highest BCUT2D eigenvalue weighted by molar-refractivity contribution is 6.02. The van der Waals surface area contributed by atoms with Gasteiger partial charge in [0.05, 0.1) is 43.3 Å². The first-order valence-corrected chi connectivity index (χ1v) is 15.5. The van der Waals surface area contributed by atoms with Crippen molar-refractivity contribution in [1.82, 2.24) is 15.1 Å². The number of carbonyl (C=O) groups excluding carboxylic acids is 3. The van der Waals surface area contributed by atoms with Crippen LogP contribution in [0.2, 0.25) is 0 Å². The largest absolute Gasteiger partial charge is 0.394 e. The average molecular weight is 591 g/mol. The summed E-state index contributed by atoms with van der Waals surface area (Å²) in [6, 6.07) is 17.2. The fourth-order valence-electron chi connectivity index (χ4n) is 7.88.